The number of rotatable bonds is 10. The lowest BCUT2D eigenvalue weighted by atomic mass is 10.1. The van der Waals surface area contributed by atoms with Crippen LogP contribution in [-0.2, 0) is 6.54 Å². The molecular formula is C17H30N4. The van der Waals surface area contributed by atoms with Gasteiger partial charge in [0.2, 0.25) is 0 Å². The first kappa shape index (κ1) is 17.7. The molecule has 21 heavy (non-hydrogen) atoms. The van der Waals surface area contributed by atoms with Crippen LogP contribution < -0.4 is 5.73 Å². The van der Waals surface area contributed by atoms with Crippen molar-refractivity contribution in [2.45, 2.75) is 33.7 Å². The van der Waals surface area contributed by atoms with Crippen LogP contribution in [0.1, 0.15) is 38.3 Å². The number of nitrogen functional groups attached to an aromatic ring is 1. The van der Waals surface area contributed by atoms with Gasteiger partial charge in [0.1, 0.15) is 5.84 Å². The molecule has 0 unspecified atom stereocenters. The summed E-state index contributed by atoms with van der Waals surface area (Å²) in [6.07, 6.45) is 1.21. The zero-order valence-corrected chi connectivity index (χ0v) is 13.7. The van der Waals surface area contributed by atoms with Gasteiger partial charge in [0, 0.05) is 12.1 Å². The molecule has 1 aromatic carbocycles. The zero-order valence-electron chi connectivity index (χ0n) is 13.7. The van der Waals surface area contributed by atoms with Gasteiger partial charge in [0.15, 0.2) is 0 Å². The average Bonchev–Trinajstić information content (AvgIpc) is 2.50. The highest BCUT2D eigenvalue weighted by molar-refractivity contribution is 5.94. The number of benzene rings is 1. The van der Waals surface area contributed by atoms with E-state index in [9.17, 15) is 0 Å². The van der Waals surface area contributed by atoms with Crippen molar-refractivity contribution in [3.8, 4) is 0 Å². The molecule has 0 aromatic heterocycles. The SMILES string of the molecule is CCN(CC)CCCN(CC)Cc1ccc(C(=N)N)cc1. The van der Waals surface area contributed by atoms with Crippen LogP contribution in [0.3, 0.4) is 0 Å². The van der Waals surface area contributed by atoms with Crippen molar-refractivity contribution in [1.82, 2.24) is 9.80 Å². The average molecular weight is 290 g/mol. The van der Waals surface area contributed by atoms with Crippen molar-refractivity contribution in [2.75, 3.05) is 32.7 Å². The van der Waals surface area contributed by atoms with E-state index in [4.69, 9.17) is 11.1 Å². The molecule has 0 bridgehead atoms. The quantitative estimate of drug-likeness (QED) is 0.514. The van der Waals surface area contributed by atoms with Gasteiger partial charge in [-0.2, -0.15) is 0 Å². The van der Waals surface area contributed by atoms with Gasteiger partial charge in [0.05, 0.1) is 0 Å². The number of nitrogens with zero attached hydrogens (tertiary/aromatic N) is 2. The minimum absolute atomic E-state index is 0.133. The molecule has 0 saturated carbocycles. The van der Waals surface area contributed by atoms with Crippen LogP contribution in [0.4, 0.5) is 0 Å². The van der Waals surface area contributed by atoms with Gasteiger partial charge >= 0.3 is 0 Å². The van der Waals surface area contributed by atoms with Crippen LogP contribution in [0, 0.1) is 5.41 Å². The monoisotopic (exact) mass is 290 g/mol. The van der Waals surface area contributed by atoms with Gasteiger partial charge in [-0.05, 0) is 44.7 Å². The summed E-state index contributed by atoms with van der Waals surface area (Å²) in [5.41, 5.74) is 7.56. The lowest BCUT2D eigenvalue weighted by molar-refractivity contribution is 0.238. The zero-order chi connectivity index (χ0) is 15.7. The third-order valence-electron chi connectivity index (χ3n) is 3.96. The second-order valence-electron chi connectivity index (χ2n) is 5.36. The molecule has 0 aliphatic heterocycles. The molecule has 4 heteroatoms. The molecule has 0 amide bonds. The minimum atomic E-state index is 0.133. The fourth-order valence-corrected chi connectivity index (χ4v) is 2.45. The molecule has 1 rings (SSSR count). The van der Waals surface area contributed by atoms with Crippen molar-refractivity contribution in [2.24, 2.45) is 5.73 Å². The van der Waals surface area contributed by atoms with E-state index in [2.05, 4.69) is 42.7 Å². The van der Waals surface area contributed by atoms with Gasteiger partial charge in [-0.25, -0.2) is 0 Å². The number of nitrogens with two attached hydrogens (primary N) is 1. The molecule has 1 aromatic rings. The van der Waals surface area contributed by atoms with Gasteiger partial charge in [-0.1, -0.05) is 45.0 Å². The van der Waals surface area contributed by atoms with E-state index in [1.54, 1.807) is 0 Å². The Hall–Kier alpha value is -1.39. The summed E-state index contributed by atoms with van der Waals surface area (Å²) in [5, 5.41) is 7.41. The maximum Gasteiger partial charge on any atom is 0.122 e. The van der Waals surface area contributed by atoms with E-state index in [0.29, 0.717) is 0 Å². The largest absolute Gasteiger partial charge is 0.384 e. The van der Waals surface area contributed by atoms with Crippen LogP contribution in [-0.4, -0.2) is 48.4 Å². The van der Waals surface area contributed by atoms with E-state index in [-0.39, 0.29) is 5.84 Å². The fraction of sp³-hybridized carbons (Fsp3) is 0.588. The lowest BCUT2D eigenvalue weighted by Crippen LogP contribution is -2.29. The smallest absolute Gasteiger partial charge is 0.122 e. The molecule has 0 radical (unpaired) electrons. The maximum absolute atomic E-state index is 7.41. The standard InChI is InChI=1S/C17H30N4/c1-4-20(5-2)12-7-13-21(6-3)14-15-8-10-16(11-9-15)17(18)19/h8-11H,4-7,12-14H2,1-3H3,(H3,18,19). The molecule has 0 aliphatic carbocycles. The molecule has 4 nitrogen and oxygen atoms in total. The number of amidine groups is 1. The Morgan fingerprint density at radius 3 is 1.95 bits per heavy atom. The normalized spacial score (nSPS) is 11.3. The summed E-state index contributed by atoms with van der Waals surface area (Å²) in [4.78, 5) is 4.93. The minimum Gasteiger partial charge on any atom is -0.384 e. The molecule has 0 saturated heterocycles. The molecule has 0 spiro atoms. The molecule has 3 N–H and O–H groups in total. The second kappa shape index (κ2) is 9.53. The van der Waals surface area contributed by atoms with Crippen LogP contribution in [0.25, 0.3) is 0 Å². The Morgan fingerprint density at radius 1 is 0.952 bits per heavy atom. The highest BCUT2D eigenvalue weighted by Crippen LogP contribution is 2.08. The Kier molecular flexibility index (Phi) is 8.01. The van der Waals surface area contributed by atoms with Gasteiger partial charge in [-0.15, -0.1) is 0 Å². The van der Waals surface area contributed by atoms with E-state index >= 15 is 0 Å². The summed E-state index contributed by atoms with van der Waals surface area (Å²) in [6, 6.07) is 8.01. The van der Waals surface area contributed by atoms with Crippen LogP contribution in [0.5, 0.6) is 0 Å². The number of hydrogen-bond donors (Lipinski definition) is 2. The maximum atomic E-state index is 7.41. The van der Waals surface area contributed by atoms with E-state index in [1.807, 2.05) is 12.1 Å². The van der Waals surface area contributed by atoms with Crippen molar-refractivity contribution < 1.29 is 0 Å². The van der Waals surface area contributed by atoms with Crippen LogP contribution in [0.2, 0.25) is 0 Å². The molecule has 0 fully saturated rings. The van der Waals surface area contributed by atoms with Crippen molar-refractivity contribution in [3.63, 3.8) is 0 Å². The van der Waals surface area contributed by atoms with Gasteiger partial charge in [-0.3, -0.25) is 10.3 Å². The second-order valence-corrected chi connectivity index (χ2v) is 5.36. The Labute approximate surface area is 129 Å². The highest BCUT2D eigenvalue weighted by Gasteiger charge is 2.06. The molecule has 0 atom stereocenters. The number of nitrogens with one attached hydrogen (secondary N) is 1. The Bertz CT molecular complexity index is 409. The topological polar surface area (TPSA) is 56.4 Å². The molecule has 118 valence electrons. The first-order valence-corrected chi connectivity index (χ1v) is 7.98. The van der Waals surface area contributed by atoms with Crippen molar-refractivity contribution in [1.29, 1.82) is 5.41 Å². The summed E-state index contributed by atoms with van der Waals surface area (Å²) >= 11 is 0. The molecular weight excluding hydrogens is 260 g/mol. The molecule has 0 aliphatic rings. The summed E-state index contributed by atoms with van der Waals surface area (Å²) in [5.74, 6) is 0.133. The summed E-state index contributed by atoms with van der Waals surface area (Å²) in [7, 11) is 0. The lowest BCUT2D eigenvalue weighted by Gasteiger charge is -2.23. The summed E-state index contributed by atoms with van der Waals surface area (Å²) < 4.78 is 0. The fourth-order valence-electron chi connectivity index (χ4n) is 2.45. The van der Waals surface area contributed by atoms with Gasteiger partial charge in [0.25, 0.3) is 0 Å². The first-order chi connectivity index (χ1) is 10.1. The van der Waals surface area contributed by atoms with E-state index in [1.165, 1.54) is 18.5 Å². The van der Waals surface area contributed by atoms with Crippen LogP contribution in [0.15, 0.2) is 24.3 Å². The first-order valence-electron chi connectivity index (χ1n) is 7.98. The molecule has 0 heterocycles. The third kappa shape index (κ3) is 6.27. The summed E-state index contributed by atoms with van der Waals surface area (Å²) in [6.45, 7) is 13.2. The Morgan fingerprint density at radius 2 is 1.48 bits per heavy atom. The van der Waals surface area contributed by atoms with E-state index in [0.717, 1.165) is 38.3 Å². The van der Waals surface area contributed by atoms with Crippen molar-refractivity contribution in [3.05, 3.63) is 35.4 Å². The highest BCUT2D eigenvalue weighted by atomic mass is 15.1. The van der Waals surface area contributed by atoms with Crippen LogP contribution >= 0.6 is 0 Å². The predicted molar refractivity (Wildman–Crippen MR) is 90.8 cm³/mol. The van der Waals surface area contributed by atoms with Crippen molar-refractivity contribution >= 4 is 5.84 Å². The van der Waals surface area contributed by atoms with E-state index < -0.39 is 0 Å². The Balaban J connectivity index is 2.44. The number of hydrogen-bond acceptors (Lipinski definition) is 3. The predicted octanol–water partition coefficient (Wildman–Crippen LogP) is 2.52. The third-order valence-corrected chi connectivity index (χ3v) is 3.96. The van der Waals surface area contributed by atoms with Gasteiger partial charge < -0.3 is 10.6 Å².